The van der Waals surface area contributed by atoms with E-state index in [2.05, 4.69) is 5.32 Å². The molecule has 3 heteroatoms. The van der Waals surface area contributed by atoms with E-state index in [1.807, 2.05) is 37.3 Å². The SMILES string of the molecule is CC[C@H](NC(=O)CCc1ccccc1F)c1ccccc1. The number of benzene rings is 2. The topological polar surface area (TPSA) is 29.1 Å². The largest absolute Gasteiger partial charge is 0.349 e. The highest BCUT2D eigenvalue weighted by molar-refractivity contribution is 5.76. The summed E-state index contributed by atoms with van der Waals surface area (Å²) in [6, 6.07) is 16.5. The third kappa shape index (κ3) is 4.42. The van der Waals surface area contributed by atoms with E-state index in [9.17, 15) is 9.18 Å². The highest BCUT2D eigenvalue weighted by Crippen LogP contribution is 2.16. The van der Waals surface area contributed by atoms with Crippen molar-refractivity contribution in [1.29, 1.82) is 0 Å². The fourth-order valence-electron chi connectivity index (χ4n) is 2.32. The monoisotopic (exact) mass is 285 g/mol. The minimum Gasteiger partial charge on any atom is -0.349 e. The van der Waals surface area contributed by atoms with Crippen LogP contribution >= 0.6 is 0 Å². The molecule has 110 valence electrons. The summed E-state index contributed by atoms with van der Waals surface area (Å²) in [5, 5.41) is 3.01. The normalized spacial score (nSPS) is 11.9. The zero-order valence-electron chi connectivity index (χ0n) is 12.2. The fraction of sp³-hybridized carbons (Fsp3) is 0.278. The maximum atomic E-state index is 13.5. The summed E-state index contributed by atoms with van der Waals surface area (Å²) in [6.45, 7) is 2.04. The number of amides is 1. The first-order chi connectivity index (χ1) is 10.2. The first-order valence-electron chi connectivity index (χ1n) is 7.28. The molecule has 0 heterocycles. The highest BCUT2D eigenvalue weighted by Gasteiger charge is 2.12. The Morgan fingerprint density at radius 3 is 2.43 bits per heavy atom. The number of aryl methyl sites for hydroxylation is 1. The molecule has 0 unspecified atom stereocenters. The molecule has 2 nitrogen and oxygen atoms in total. The van der Waals surface area contributed by atoms with Crippen LogP contribution in [0, 0.1) is 5.82 Å². The number of hydrogen-bond donors (Lipinski definition) is 1. The van der Waals surface area contributed by atoms with E-state index in [0.29, 0.717) is 18.4 Å². The van der Waals surface area contributed by atoms with Crippen LogP contribution in [0.5, 0.6) is 0 Å². The molecular formula is C18H20FNO. The van der Waals surface area contributed by atoms with Gasteiger partial charge in [-0.3, -0.25) is 4.79 Å². The van der Waals surface area contributed by atoms with Gasteiger partial charge in [-0.05, 0) is 30.0 Å². The van der Waals surface area contributed by atoms with Crippen molar-refractivity contribution in [3.63, 3.8) is 0 Å². The van der Waals surface area contributed by atoms with Crippen molar-refractivity contribution in [2.24, 2.45) is 0 Å². The van der Waals surface area contributed by atoms with Crippen LogP contribution in [0.25, 0.3) is 0 Å². The van der Waals surface area contributed by atoms with E-state index in [1.165, 1.54) is 6.07 Å². The second-order valence-electron chi connectivity index (χ2n) is 5.03. The molecule has 0 radical (unpaired) electrons. The van der Waals surface area contributed by atoms with Crippen LogP contribution in [-0.2, 0) is 11.2 Å². The lowest BCUT2D eigenvalue weighted by Gasteiger charge is -2.17. The van der Waals surface area contributed by atoms with Gasteiger partial charge in [-0.2, -0.15) is 0 Å². The molecule has 21 heavy (non-hydrogen) atoms. The van der Waals surface area contributed by atoms with Crippen molar-refractivity contribution >= 4 is 5.91 Å². The fourth-order valence-corrected chi connectivity index (χ4v) is 2.32. The minimum absolute atomic E-state index is 0.0133. The predicted molar refractivity (Wildman–Crippen MR) is 82.3 cm³/mol. The molecule has 0 aliphatic rings. The lowest BCUT2D eigenvalue weighted by molar-refractivity contribution is -0.121. The molecule has 1 atom stereocenters. The third-order valence-electron chi connectivity index (χ3n) is 3.52. The average molecular weight is 285 g/mol. The summed E-state index contributed by atoms with van der Waals surface area (Å²) in [7, 11) is 0. The Bertz CT molecular complexity index is 583. The summed E-state index contributed by atoms with van der Waals surface area (Å²) in [4.78, 5) is 12.0. The van der Waals surface area contributed by atoms with Crippen molar-refractivity contribution in [3.05, 3.63) is 71.5 Å². The quantitative estimate of drug-likeness (QED) is 0.853. The Hall–Kier alpha value is -2.16. The molecule has 2 aromatic carbocycles. The van der Waals surface area contributed by atoms with Gasteiger partial charge in [0.05, 0.1) is 6.04 Å². The Morgan fingerprint density at radius 1 is 1.10 bits per heavy atom. The van der Waals surface area contributed by atoms with Crippen LogP contribution in [0.3, 0.4) is 0 Å². The van der Waals surface area contributed by atoms with Crippen molar-refractivity contribution in [2.45, 2.75) is 32.2 Å². The Balaban J connectivity index is 1.90. The van der Waals surface area contributed by atoms with Gasteiger partial charge in [0.15, 0.2) is 0 Å². The van der Waals surface area contributed by atoms with E-state index in [1.54, 1.807) is 18.2 Å². The summed E-state index contributed by atoms with van der Waals surface area (Å²) < 4.78 is 13.5. The van der Waals surface area contributed by atoms with Gasteiger partial charge in [-0.15, -0.1) is 0 Å². The van der Waals surface area contributed by atoms with Gasteiger partial charge in [0.2, 0.25) is 5.91 Å². The number of rotatable bonds is 6. The molecule has 1 amide bonds. The van der Waals surface area contributed by atoms with Crippen molar-refractivity contribution in [3.8, 4) is 0 Å². The van der Waals surface area contributed by atoms with Crippen LogP contribution in [0.15, 0.2) is 54.6 Å². The summed E-state index contributed by atoms with van der Waals surface area (Å²) >= 11 is 0. The number of nitrogens with one attached hydrogen (secondary N) is 1. The molecule has 1 N–H and O–H groups in total. The second kappa shape index (κ2) is 7.58. The predicted octanol–water partition coefficient (Wildman–Crippen LogP) is 4.03. The summed E-state index contributed by atoms with van der Waals surface area (Å²) in [6.07, 6.45) is 1.55. The number of carbonyl (C=O) groups is 1. The Labute approximate surface area is 125 Å². The van der Waals surface area contributed by atoms with Crippen molar-refractivity contribution < 1.29 is 9.18 Å². The van der Waals surface area contributed by atoms with E-state index < -0.39 is 0 Å². The lowest BCUT2D eigenvalue weighted by Crippen LogP contribution is -2.28. The lowest BCUT2D eigenvalue weighted by atomic mass is 10.0. The molecule has 2 rings (SSSR count). The molecule has 0 aromatic heterocycles. The third-order valence-corrected chi connectivity index (χ3v) is 3.52. The minimum atomic E-state index is -0.250. The van der Waals surface area contributed by atoms with Gasteiger partial charge < -0.3 is 5.32 Å². The molecule has 0 aliphatic heterocycles. The smallest absolute Gasteiger partial charge is 0.220 e. The van der Waals surface area contributed by atoms with Crippen LogP contribution in [0.1, 0.15) is 36.9 Å². The van der Waals surface area contributed by atoms with Gasteiger partial charge in [0.25, 0.3) is 0 Å². The average Bonchev–Trinajstić information content (AvgIpc) is 2.52. The van der Waals surface area contributed by atoms with Crippen LogP contribution < -0.4 is 5.32 Å². The zero-order valence-corrected chi connectivity index (χ0v) is 12.2. The van der Waals surface area contributed by atoms with Crippen molar-refractivity contribution in [1.82, 2.24) is 5.32 Å². The van der Waals surface area contributed by atoms with E-state index >= 15 is 0 Å². The van der Waals surface area contributed by atoms with Gasteiger partial charge in [0, 0.05) is 6.42 Å². The number of carbonyl (C=O) groups excluding carboxylic acids is 1. The van der Waals surface area contributed by atoms with Crippen LogP contribution in [0.4, 0.5) is 4.39 Å². The number of halogens is 1. The molecule has 0 spiro atoms. The van der Waals surface area contributed by atoms with Crippen LogP contribution in [0.2, 0.25) is 0 Å². The Morgan fingerprint density at radius 2 is 1.76 bits per heavy atom. The summed E-state index contributed by atoms with van der Waals surface area (Å²) in [5.74, 6) is -0.297. The van der Waals surface area contributed by atoms with Gasteiger partial charge in [-0.1, -0.05) is 55.5 Å². The first kappa shape index (κ1) is 15.2. The highest BCUT2D eigenvalue weighted by atomic mass is 19.1. The molecule has 0 bridgehead atoms. The molecule has 0 saturated heterocycles. The van der Waals surface area contributed by atoms with E-state index in [4.69, 9.17) is 0 Å². The second-order valence-corrected chi connectivity index (χ2v) is 5.03. The standard InChI is InChI=1S/C18H20FNO/c1-2-17(15-9-4-3-5-10-15)20-18(21)13-12-14-8-6-7-11-16(14)19/h3-11,17H,2,12-13H2,1H3,(H,20,21)/t17-/m0/s1. The van der Waals surface area contributed by atoms with Crippen molar-refractivity contribution in [2.75, 3.05) is 0 Å². The molecule has 0 aliphatic carbocycles. The number of hydrogen-bond acceptors (Lipinski definition) is 1. The molecule has 0 saturated carbocycles. The van der Waals surface area contributed by atoms with E-state index in [-0.39, 0.29) is 17.8 Å². The molecular weight excluding hydrogens is 265 g/mol. The Kier molecular flexibility index (Phi) is 5.50. The van der Waals surface area contributed by atoms with Gasteiger partial charge >= 0.3 is 0 Å². The maximum absolute atomic E-state index is 13.5. The molecule has 2 aromatic rings. The van der Waals surface area contributed by atoms with Crippen LogP contribution in [-0.4, -0.2) is 5.91 Å². The summed E-state index contributed by atoms with van der Waals surface area (Å²) in [5.41, 5.74) is 1.68. The van der Waals surface area contributed by atoms with E-state index in [0.717, 1.165) is 12.0 Å². The first-order valence-corrected chi connectivity index (χ1v) is 7.28. The molecule has 0 fully saturated rings. The van der Waals surface area contributed by atoms with Gasteiger partial charge in [-0.25, -0.2) is 4.39 Å². The zero-order chi connectivity index (χ0) is 15.1. The van der Waals surface area contributed by atoms with Gasteiger partial charge in [0.1, 0.15) is 5.82 Å². The maximum Gasteiger partial charge on any atom is 0.220 e.